The van der Waals surface area contributed by atoms with Gasteiger partial charge >= 0.3 is 0 Å². The van der Waals surface area contributed by atoms with E-state index in [9.17, 15) is 4.79 Å². The first-order chi connectivity index (χ1) is 15.5. The van der Waals surface area contributed by atoms with E-state index in [-0.39, 0.29) is 11.8 Å². The maximum atomic E-state index is 12.4. The minimum absolute atomic E-state index is 0.111. The molecule has 5 heteroatoms. The fraction of sp³-hybridized carbons (Fsp3) is 0.407. The molecule has 1 atom stereocenters. The van der Waals surface area contributed by atoms with Gasteiger partial charge in [-0.1, -0.05) is 44.2 Å². The highest BCUT2D eigenvalue weighted by molar-refractivity contribution is 5.81. The Morgan fingerprint density at radius 1 is 1.25 bits per heavy atom. The molecule has 0 saturated carbocycles. The average molecular weight is 432 g/mol. The lowest BCUT2D eigenvalue weighted by Crippen LogP contribution is -2.25. The molecule has 1 fully saturated rings. The SMILES string of the molecule is C=CCN1CC(c2nc3ccccc3n2CCCOc2cc(C)ccc2C(C)C)CC1=O. The number of aromatic nitrogens is 2. The number of fused-ring (bicyclic) bond motifs is 1. The quantitative estimate of drug-likeness (QED) is 0.335. The second-order valence-electron chi connectivity index (χ2n) is 9.00. The van der Waals surface area contributed by atoms with E-state index in [0.29, 0.717) is 32.0 Å². The lowest BCUT2D eigenvalue weighted by atomic mass is 10.0. The summed E-state index contributed by atoms with van der Waals surface area (Å²) in [6, 6.07) is 14.7. The third-order valence-electron chi connectivity index (χ3n) is 6.19. The van der Waals surface area contributed by atoms with Gasteiger partial charge in [0.2, 0.25) is 5.91 Å². The molecule has 0 N–H and O–H groups in total. The zero-order chi connectivity index (χ0) is 22.7. The van der Waals surface area contributed by atoms with E-state index in [1.54, 1.807) is 6.08 Å². The third kappa shape index (κ3) is 4.57. The van der Waals surface area contributed by atoms with E-state index in [4.69, 9.17) is 9.72 Å². The molecule has 4 rings (SSSR count). The molecule has 5 nitrogen and oxygen atoms in total. The normalized spacial score (nSPS) is 16.3. The Hall–Kier alpha value is -3.08. The predicted molar refractivity (Wildman–Crippen MR) is 129 cm³/mol. The van der Waals surface area contributed by atoms with Crippen LogP contribution in [0.25, 0.3) is 11.0 Å². The zero-order valence-electron chi connectivity index (χ0n) is 19.4. The Bertz CT molecular complexity index is 1120. The van der Waals surface area contributed by atoms with E-state index in [1.807, 2.05) is 23.1 Å². The molecule has 0 bridgehead atoms. The molecule has 168 valence electrons. The summed E-state index contributed by atoms with van der Waals surface area (Å²) in [5.41, 5.74) is 4.56. The Kier molecular flexibility index (Phi) is 6.63. The summed E-state index contributed by atoms with van der Waals surface area (Å²) in [5, 5.41) is 0. The summed E-state index contributed by atoms with van der Waals surface area (Å²) in [4.78, 5) is 19.2. The number of nitrogens with zero attached hydrogens (tertiary/aromatic N) is 3. The van der Waals surface area contributed by atoms with Crippen molar-refractivity contribution in [1.82, 2.24) is 14.5 Å². The highest BCUT2D eigenvalue weighted by atomic mass is 16.5. The van der Waals surface area contributed by atoms with Crippen LogP contribution < -0.4 is 4.74 Å². The fourth-order valence-electron chi connectivity index (χ4n) is 4.57. The molecule has 1 aliphatic rings. The van der Waals surface area contributed by atoms with Crippen molar-refractivity contribution < 1.29 is 9.53 Å². The molecule has 1 amide bonds. The number of amides is 1. The maximum Gasteiger partial charge on any atom is 0.223 e. The standard InChI is InChI=1S/C27H33N3O2/c1-5-13-29-18-21(17-26(29)31)27-28-23-9-6-7-10-24(23)30(27)14-8-15-32-25-16-20(4)11-12-22(25)19(2)3/h5-7,9-12,16,19,21H,1,8,13-15,17-18H2,2-4H3. The van der Waals surface area contributed by atoms with Crippen LogP contribution in [0, 0.1) is 6.92 Å². The van der Waals surface area contributed by atoms with Gasteiger partial charge in [0.1, 0.15) is 11.6 Å². The average Bonchev–Trinajstić information content (AvgIpc) is 3.32. The predicted octanol–water partition coefficient (Wildman–Crippen LogP) is 5.44. The molecule has 1 aromatic heterocycles. The molecule has 0 radical (unpaired) electrons. The van der Waals surface area contributed by atoms with E-state index in [2.05, 4.69) is 56.2 Å². The summed E-state index contributed by atoms with van der Waals surface area (Å²) >= 11 is 0. The Labute approximate surface area is 190 Å². The van der Waals surface area contributed by atoms with Crippen molar-refractivity contribution in [3.63, 3.8) is 0 Å². The van der Waals surface area contributed by atoms with Crippen molar-refractivity contribution >= 4 is 16.9 Å². The van der Waals surface area contributed by atoms with Crippen molar-refractivity contribution in [3.05, 3.63) is 72.1 Å². The van der Waals surface area contributed by atoms with Gasteiger partial charge in [-0.3, -0.25) is 4.79 Å². The summed E-state index contributed by atoms with van der Waals surface area (Å²) < 4.78 is 8.50. The molecule has 2 aromatic carbocycles. The van der Waals surface area contributed by atoms with Gasteiger partial charge in [0.15, 0.2) is 0 Å². The zero-order valence-corrected chi connectivity index (χ0v) is 19.4. The second kappa shape index (κ2) is 9.60. The molecule has 1 unspecified atom stereocenters. The summed E-state index contributed by atoms with van der Waals surface area (Å²) in [6.07, 6.45) is 3.17. The third-order valence-corrected chi connectivity index (χ3v) is 6.19. The Balaban J connectivity index is 1.50. The van der Waals surface area contributed by atoms with Gasteiger partial charge in [-0.05, 0) is 48.6 Å². The number of rotatable bonds is 9. The molecule has 3 aromatic rings. The van der Waals surface area contributed by atoms with Crippen LogP contribution in [0.1, 0.15) is 55.5 Å². The van der Waals surface area contributed by atoms with E-state index < -0.39 is 0 Å². The Morgan fingerprint density at radius 3 is 2.84 bits per heavy atom. The first-order valence-corrected chi connectivity index (χ1v) is 11.5. The van der Waals surface area contributed by atoms with Gasteiger partial charge in [-0.25, -0.2) is 4.98 Å². The summed E-state index contributed by atoms with van der Waals surface area (Å²) in [7, 11) is 0. The lowest BCUT2D eigenvalue weighted by Gasteiger charge is -2.17. The topological polar surface area (TPSA) is 47.4 Å². The number of likely N-dealkylation sites (tertiary alicyclic amines) is 1. The van der Waals surface area contributed by atoms with E-state index in [0.717, 1.165) is 35.6 Å². The number of hydrogen-bond donors (Lipinski definition) is 0. The number of benzene rings is 2. The van der Waals surface area contributed by atoms with Gasteiger partial charge in [0.25, 0.3) is 0 Å². The van der Waals surface area contributed by atoms with Crippen molar-refractivity contribution in [1.29, 1.82) is 0 Å². The molecule has 32 heavy (non-hydrogen) atoms. The first kappa shape index (κ1) is 22.1. The lowest BCUT2D eigenvalue weighted by molar-refractivity contribution is -0.127. The van der Waals surface area contributed by atoms with Gasteiger partial charge in [-0.2, -0.15) is 0 Å². The number of hydrogen-bond acceptors (Lipinski definition) is 3. The Morgan fingerprint density at radius 2 is 2.06 bits per heavy atom. The van der Waals surface area contributed by atoms with E-state index >= 15 is 0 Å². The highest BCUT2D eigenvalue weighted by Gasteiger charge is 2.33. The minimum Gasteiger partial charge on any atom is -0.493 e. The number of aryl methyl sites for hydroxylation is 2. The van der Waals surface area contributed by atoms with E-state index in [1.165, 1.54) is 11.1 Å². The number of carbonyl (C=O) groups excluding carboxylic acids is 1. The molecular weight excluding hydrogens is 398 g/mol. The number of para-hydroxylation sites is 2. The minimum atomic E-state index is 0.111. The van der Waals surface area contributed by atoms with Gasteiger partial charge in [-0.15, -0.1) is 6.58 Å². The van der Waals surface area contributed by atoms with Crippen LogP contribution in [-0.2, 0) is 11.3 Å². The molecule has 0 spiro atoms. The van der Waals surface area contributed by atoms with Gasteiger partial charge in [0.05, 0.1) is 17.6 Å². The monoisotopic (exact) mass is 431 g/mol. The smallest absolute Gasteiger partial charge is 0.223 e. The summed E-state index contributed by atoms with van der Waals surface area (Å²) in [5.74, 6) is 2.70. The van der Waals surface area contributed by atoms with Crippen LogP contribution >= 0.6 is 0 Å². The van der Waals surface area contributed by atoms with Crippen LogP contribution in [0.15, 0.2) is 55.1 Å². The van der Waals surface area contributed by atoms with Crippen molar-refractivity contribution in [2.75, 3.05) is 19.7 Å². The molecule has 0 aliphatic carbocycles. The number of imidazole rings is 1. The second-order valence-corrected chi connectivity index (χ2v) is 9.00. The van der Waals surface area contributed by atoms with Crippen molar-refractivity contribution in [2.45, 2.75) is 52.0 Å². The van der Waals surface area contributed by atoms with Gasteiger partial charge < -0.3 is 14.2 Å². The van der Waals surface area contributed by atoms with Crippen LogP contribution in [-0.4, -0.2) is 40.1 Å². The first-order valence-electron chi connectivity index (χ1n) is 11.5. The molecular formula is C27H33N3O2. The van der Waals surface area contributed by atoms with Crippen LogP contribution in [0.4, 0.5) is 0 Å². The van der Waals surface area contributed by atoms with Gasteiger partial charge in [0, 0.05) is 32.0 Å². The number of ether oxygens (including phenoxy) is 1. The maximum absolute atomic E-state index is 12.4. The number of carbonyl (C=O) groups is 1. The van der Waals surface area contributed by atoms with Crippen molar-refractivity contribution in [2.24, 2.45) is 0 Å². The van der Waals surface area contributed by atoms with Crippen LogP contribution in [0.2, 0.25) is 0 Å². The highest BCUT2D eigenvalue weighted by Crippen LogP contribution is 2.31. The van der Waals surface area contributed by atoms with Crippen LogP contribution in [0.5, 0.6) is 5.75 Å². The summed E-state index contributed by atoms with van der Waals surface area (Å²) in [6.45, 7) is 13.0. The van der Waals surface area contributed by atoms with Crippen molar-refractivity contribution in [3.8, 4) is 5.75 Å². The van der Waals surface area contributed by atoms with Crippen LogP contribution in [0.3, 0.4) is 0 Å². The largest absolute Gasteiger partial charge is 0.493 e. The molecule has 1 saturated heterocycles. The molecule has 2 heterocycles. The molecule has 1 aliphatic heterocycles. The fourth-order valence-corrected chi connectivity index (χ4v) is 4.57.